The number of quaternary nitrogens is 1. The van der Waals surface area contributed by atoms with Crippen LogP contribution < -0.4 is 4.90 Å². The molecule has 3 heteroatoms. The molecular formula is C7H13N2O+. The Labute approximate surface area is 60.3 Å². The van der Waals surface area contributed by atoms with E-state index in [2.05, 4.69) is 5.16 Å². The van der Waals surface area contributed by atoms with Crippen LogP contribution in [0.3, 0.4) is 0 Å². The molecule has 0 amide bonds. The lowest BCUT2D eigenvalue weighted by Gasteiger charge is -2.35. The molecule has 0 aromatic carbocycles. The van der Waals surface area contributed by atoms with E-state index in [1.807, 2.05) is 0 Å². The van der Waals surface area contributed by atoms with Crippen LogP contribution in [0.5, 0.6) is 0 Å². The molecule has 0 radical (unpaired) electrons. The molecular weight excluding hydrogens is 128 g/mol. The summed E-state index contributed by atoms with van der Waals surface area (Å²) in [4.78, 5) is 1.59. The zero-order valence-electron chi connectivity index (χ0n) is 6.01. The zero-order valence-corrected chi connectivity index (χ0v) is 6.01. The fraction of sp³-hybridized carbons (Fsp3) is 0.857. The molecule has 2 bridgehead atoms. The first-order chi connectivity index (χ1) is 4.90. The number of nitrogens with one attached hydrogen (secondary N) is 1. The van der Waals surface area contributed by atoms with Crippen LogP contribution in [0.15, 0.2) is 5.16 Å². The third kappa shape index (κ3) is 0.814. The predicted octanol–water partition coefficient (Wildman–Crippen LogP) is -0.875. The summed E-state index contributed by atoms with van der Waals surface area (Å²) in [5, 5.41) is 11.9. The largest absolute Gasteiger partial charge is 0.411 e. The van der Waals surface area contributed by atoms with Gasteiger partial charge < -0.3 is 10.1 Å². The van der Waals surface area contributed by atoms with Crippen LogP contribution in [-0.2, 0) is 0 Å². The molecule has 3 nitrogen and oxygen atoms in total. The molecule has 3 fully saturated rings. The van der Waals surface area contributed by atoms with Gasteiger partial charge in [-0.2, -0.15) is 0 Å². The summed E-state index contributed by atoms with van der Waals surface area (Å²) in [6, 6.07) is 0. The maximum absolute atomic E-state index is 8.59. The highest BCUT2D eigenvalue weighted by atomic mass is 16.4. The smallest absolute Gasteiger partial charge is 0.120 e. The van der Waals surface area contributed by atoms with E-state index >= 15 is 0 Å². The van der Waals surface area contributed by atoms with Crippen LogP contribution in [0.25, 0.3) is 0 Å². The van der Waals surface area contributed by atoms with Crippen molar-refractivity contribution in [3.63, 3.8) is 0 Å². The third-order valence-electron chi connectivity index (χ3n) is 2.72. The predicted molar refractivity (Wildman–Crippen MR) is 37.5 cm³/mol. The molecule has 0 aromatic rings. The Morgan fingerprint density at radius 2 is 2.10 bits per heavy atom. The second kappa shape index (κ2) is 2.23. The average molecular weight is 141 g/mol. The van der Waals surface area contributed by atoms with E-state index in [0.29, 0.717) is 5.92 Å². The summed E-state index contributed by atoms with van der Waals surface area (Å²) in [7, 11) is 0. The first-order valence-electron chi connectivity index (χ1n) is 3.94. The second-order valence-electron chi connectivity index (χ2n) is 3.29. The maximum atomic E-state index is 8.59. The molecule has 0 unspecified atom stereocenters. The van der Waals surface area contributed by atoms with Crippen LogP contribution in [0.1, 0.15) is 12.8 Å². The van der Waals surface area contributed by atoms with Gasteiger partial charge in [-0.1, -0.05) is 5.16 Å². The van der Waals surface area contributed by atoms with Crippen molar-refractivity contribution in [2.45, 2.75) is 12.8 Å². The van der Waals surface area contributed by atoms with Crippen molar-refractivity contribution in [1.29, 1.82) is 0 Å². The number of hydrogen-bond donors (Lipinski definition) is 2. The quantitative estimate of drug-likeness (QED) is 0.334. The van der Waals surface area contributed by atoms with Gasteiger partial charge in [-0.15, -0.1) is 0 Å². The lowest BCUT2D eigenvalue weighted by molar-refractivity contribution is -0.902. The van der Waals surface area contributed by atoms with Crippen molar-refractivity contribution in [1.82, 2.24) is 0 Å². The van der Waals surface area contributed by atoms with Gasteiger partial charge in [0.15, 0.2) is 0 Å². The molecule has 3 heterocycles. The van der Waals surface area contributed by atoms with Gasteiger partial charge in [0.25, 0.3) is 0 Å². The molecule has 3 saturated heterocycles. The topological polar surface area (TPSA) is 37.0 Å². The highest BCUT2D eigenvalue weighted by Crippen LogP contribution is 2.14. The van der Waals surface area contributed by atoms with Crippen molar-refractivity contribution in [2.75, 3.05) is 19.6 Å². The van der Waals surface area contributed by atoms with Gasteiger partial charge in [-0.05, 0) is 0 Å². The molecule has 3 aliphatic rings. The standard InChI is InChI=1S/C7H12N2O/c10-8-7-5-9-3-1-6(7)2-4-9/h6,10H,1-5H2/p+1/b8-7+. The number of hydrogen-bond acceptors (Lipinski definition) is 2. The minimum atomic E-state index is 0.613. The van der Waals surface area contributed by atoms with Crippen LogP contribution >= 0.6 is 0 Å². The second-order valence-corrected chi connectivity index (χ2v) is 3.29. The van der Waals surface area contributed by atoms with Gasteiger partial charge in [-0.3, -0.25) is 0 Å². The molecule has 0 aromatic heterocycles. The third-order valence-corrected chi connectivity index (χ3v) is 2.72. The van der Waals surface area contributed by atoms with Crippen molar-refractivity contribution in [3.8, 4) is 0 Å². The maximum Gasteiger partial charge on any atom is 0.120 e. The number of piperidine rings is 3. The van der Waals surface area contributed by atoms with Crippen molar-refractivity contribution in [2.24, 2.45) is 11.1 Å². The summed E-state index contributed by atoms with van der Waals surface area (Å²) in [5.41, 5.74) is 1.03. The summed E-state index contributed by atoms with van der Waals surface area (Å²) in [6.45, 7) is 3.55. The molecule has 3 aliphatic heterocycles. The Morgan fingerprint density at radius 1 is 1.40 bits per heavy atom. The molecule has 0 spiro atoms. The lowest BCUT2D eigenvalue weighted by Crippen LogP contribution is -3.16. The summed E-state index contributed by atoms with van der Waals surface area (Å²) in [5.74, 6) is 0.613. The fourth-order valence-corrected chi connectivity index (χ4v) is 2.05. The molecule has 10 heavy (non-hydrogen) atoms. The monoisotopic (exact) mass is 141 g/mol. The zero-order chi connectivity index (χ0) is 6.97. The minimum absolute atomic E-state index is 0.613. The van der Waals surface area contributed by atoms with Gasteiger partial charge in [-0.25, -0.2) is 0 Å². The molecule has 2 N–H and O–H groups in total. The number of fused-ring (bicyclic) bond motifs is 3. The molecule has 3 rings (SSSR count). The van der Waals surface area contributed by atoms with Gasteiger partial charge >= 0.3 is 0 Å². The van der Waals surface area contributed by atoms with Crippen molar-refractivity contribution >= 4 is 5.71 Å². The van der Waals surface area contributed by atoms with E-state index in [0.717, 1.165) is 12.3 Å². The number of oxime groups is 1. The van der Waals surface area contributed by atoms with E-state index in [-0.39, 0.29) is 0 Å². The van der Waals surface area contributed by atoms with E-state index in [9.17, 15) is 0 Å². The molecule has 0 atom stereocenters. The van der Waals surface area contributed by atoms with E-state index in [1.165, 1.54) is 25.9 Å². The fourth-order valence-electron chi connectivity index (χ4n) is 2.05. The van der Waals surface area contributed by atoms with E-state index in [4.69, 9.17) is 5.21 Å². The first-order valence-corrected chi connectivity index (χ1v) is 3.94. The Kier molecular flexibility index (Phi) is 1.38. The van der Waals surface area contributed by atoms with Crippen molar-refractivity contribution < 1.29 is 10.1 Å². The van der Waals surface area contributed by atoms with Crippen LogP contribution in [-0.4, -0.2) is 30.6 Å². The highest BCUT2D eigenvalue weighted by Gasteiger charge is 2.34. The Morgan fingerprint density at radius 3 is 2.40 bits per heavy atom. The summed E-state index contributed by atoms with van der Waals surface area (Å²) in [6.07, 6.45) is 2.46. The van der Waals surface area contributed by atoms with Gasteiger partial charge in [0.05, 0.1) is 13.1 Å². The summed E-state index contributed by atoms with van der Waals surface area (Å²) < 4.78 is 0. The molecule has 56 valence electrons. The SMILES string of the molecule is O/N=C1\C[NH+]2CCC1CC2. The minimum Gasteiger partial charge on any atom is -0.411 e. The van der Waals surface area contributed by atoms with E-state index < -0.39 is 0 Å². The average Bonchev–Trinajstić information content (AvgIpc) is 2.06. The number of rotatable bonds is 0. The van der Waals surface area contributed by atoms with Gasteiger partial charge in [0, 0.05) is 18.8 Å². The van der Waals surface area contributed by atoms with Crippen molar-refractivity contribution in [3.05, 3.63) is 0 Å². The summed E-state index contributed by atoms with van der Waals surface area (Å²) >= 11 is 0. The molecule has 0 saturated carbocycles. The van der Waals surface area contributed by atoms with Crippen LogP contribution in [0, 0.1) is 5.92 Å². The van der Waals surface area contributed by atoms with E-state index in [1.54, 1.807) is 4.90 Å². The first kappa shape index (κ1) is 6.16. The Hall–Kier alpha value is -0.570. The normalized spacial score (nSPS) is 42.6. The molecule has 0 aliphatic carbocycles. The van der Waals surface area contributed by atoms with Crippen LogP contribution in [0.4, 0.5) is 0 Å². The lowest BCUT2D eigenvalue weighted by atomic mass is 9.87. The Bertz CT molecular complexity index is 159. The van der Waals surface area contributed by atoms with Crippen LogP contribution in [0.2, 0.25) is 0 Å². The van der Waals surface area contributed by atoms with Gasteiger partial charge in [0.2, 0.25) is 0 Å². The van der Waals surface area contributed by atoms with Gasteiger partial charge in [0.1, 0.15) is 12.3 Å². The number of nitrogens with zero attached hydrogens (tertiary/aromatic N) is 1. The highest BCUT2D eigenvalue weighted by molar-refractivity contribution is 5.87. The Balaban J connectivity index is 2.15.